The molecule has 3 fully saturated rings. The third-order valence-electron chi connectivity index (χ3n) is 7.65. The number of aromatic nitrogens is 1. The summed E-state index contributed by atoms with van der Waals surface area (Å²) < 4.78 is 11.2. The smallest absolute Gasteiger partial charge is 0.158 e. The summed E-state index contributed by atoms with van der Waals surface area (Å²) >= 11 is 0. The van der Waals surface area contributed by atoms with E-state index in [-0.39, 0.29) is 12.0 Å². The van der Waals surface area contributed by atoms with Gasteiger partial charge in [0.15, 0.2) is 6.29 Å². The highest BCUT2D eigenvalue weighted by molar-refractivity contribution is 5.81. The lowest BCUT2D eigenvalue weighted by atomic mass is 9.57. The van der Waals surface area contributed by atoms with Crippen molar-refractivity contribution < 1.29 is 14.6 Å². The van der Waals surface area contributed by atoms with Crippen molar-refractivity contribution in [3.05, 3.63) is 42.1 Å². The van der Waals surface area contributed by atoms with Crippen LogP contribution in [0.1, 0.15) is 44.7 Å². The number of nitrogens with zero attached hydrogens (tertiary/aromatic N) is 1. The van der Waals surface area contributed by atoms with Gasteiger partial charge in [0.1, 0.15) is 5.75 Å². The van der Waals surface area contributed by atoms with Gasteiger partial charge < -0.3 is 14.6 Å². The number of benzene rings is 1. The zero-order valence-electron chi connectivity index (χ0n) is 17.3. The Morgan fingerprint density at radius 1 is 1.14 bits per heavy atom. The first-order chi connectivity index (χ1) is 14.1. The number of hydrogen-bond donors (Lipinski definition) is 1. The number of methoxy groups -OCH3 is 1. The molecule has 0 bridgehead atoms. The van der Waals surface area contributed by atoms with Crippen LogP contribution in [0.2, 0.25) is 0 Å². The minimum absolute atomic E-state index is 0.115. The molecule has 2 aromatic rings. The summed E-state index contributed by atoms with van der Waals surface area (Å²) in [6.45, 7) is 2.14. The number of aliphatic hydroxyl groups excluding tert-OH is 1. The average molecular weight is 394 g/mol. The summed E-state index contributed by atoms with van der Waals surface area (Å²) in [7, 11) is 1.69. The van der Waals surface area contributed by atoms with Gasteiger partial charge in [-0.25, -0.2) is 4.98 Å². The van der Waals surface area contributed by atoms with E-state index in [1.165, 1.54) is 25.7 Å². The lowest BCUT2D eigenvalue weighted by Gasteiger charge is -2.47. The Labute approximate surface area is 172 Å². The van der Waals surface area contributed by atoms with Gasteiger partial charge in [-0.15, -0.1) is 0 Å². The number of pyridine rings is 1. The highest BCUT2D eigenvalue weighted by Crippen LogP contribution is 2.54. The zero-order chi connectivity index (χ0) is 20.0. The van der Waals surface area contributed by atoms with Crippen LogP contribution in [0.15, 0.2) is 36.4 Å². The molecule has 0 amide bonds. The van der Waals surface area contributed by atoms with Gasteiger partial charge in [-0.05, 0) is 73.8 Å². The van der Waals surface area contributed by atoms with Crippen LogP contribution < -0.4 is 4.74 Å². The summed E-state index contributed by atoms with van der Waals surface area (Å²) in [6, 6.07) is 10.2. The van der Waals surface area contributed by atoms with Crippen molar-refractivity contribution in [1.29, 1.82) is 0 Å². The molecule has 1 aromatic heterocycles. The summed E-state index contributed by atoms with van der Waals surface area (Å²) in [6.07, 6.45) is 10.5. The van der Waals surface area contributed by atoms with Crippen LogP contribution in [0.25, 0.3) is 17.0 Å². The van der Waals surface area contributed by atoms with Crippen LogP contribution in [0, 0.1) is 29.6 Å². The molecule has 154 valence electrons. The Morgan fingerprint density at radius 2 is 2.00 bits per heavy atom. The monoisotopic (exact) mass is 393 g/mol. The largest absolute Gasteiger partial charge is 0.497 e. The third-order valence-corrected chi connectivity index (χ3v) is 7.65. The zero-order valence-corrected chi connectivity index (χ0v) is 17.3. The molecular weight excluding hydrogens is 362 g/mol. The molecule has 1 N–H and O–H groups in total. The summed E-state index contributed by atoms with van der Waals surface area (Å²) in [4.78, 5) is 4.84. The van der Waals surface area contributed by atoms with Gasteiger partial charge in [-0.1, -0.05) is 31.4 Å². The van der Waals surface area contributed by atoms with Crippen LogP contribution in [0.5, 0.6) is 5.75 Å². The van der Waals surface area contributed by atoms with Crippen molar-refractivity contribution in [2.75, 3.05) is 7.11 Å². The number of aliphatic hydroxyl groups is 1. The molecule has 1 aromatic carbocycles. The Hall–Kier alpha value is -1.91. The van der Waals surface area contributed by atoms with E-state index in [0.29, 0.717) is 17.8 Å². The number of hydrogen-bond acceptors (Lipinski definition) is 4. The molecule has 3 aliphatic rings. The van der Waals surface area contributed by atoms with E-state index >= 15 is 0 Å². The molecular formula is C25H31NO3. The molecule has 1 aliphatic heterocycles. The molecule has 2 heterocycles. The van der Waals surface area contributed by atoms with Crippen molar-refractivity contribution in [1.82, 2.24) is 4.98 Å². The predicted molar refractivity (Wildman–Crippen MR) is 114 cm³/mol. The number of ether oxygens (including phenoxy) is 2. The fourth-order valence-corrected chi connectivity index (χ4v) is 6.31. The van der Waals surface area contributed by atoms with Crippen molar-refractivity contribution >= 4 is 17.0 Å². The molecule has 7 atom stereocenters. The second-order valence-corrected chi connectivity index (χ2v) is 9.15. The standard InChI is InChI=1S/C25H31NO3/c1-15-24-21(20-6-4-3-5-16(20)14-22(24)25(27)29-15)11-9-18-8-7-17-13-19(28-2)10-12-23(17)26-18/h7-13,15-16,20-22,24-25,27H,3-6,14H2,1-2H3/b11-9+/t15-,16?,20?,21?,22?,24?,25?/m0/s1. The van der Waals surface area contributed by atoms with E-state index in [9.17, 15) is 5.11 Å². The second kappa shape index (κ2) is 7.73. The van der Waals surface area contributed by atoms with Crippen molar-refractivity contribution in [2.45, 2.75) is 51.4 Å². The highest BCUT2D eigenvalue weighted by Gasteiger charge is 2.52. The van der Waals surface area contributed by atoms with Gasteiger partial charge in [0.05, 0.1) is 24.4 Å². The Morgan fingerprint density at radius 3 is 2.86 bits per heavy atom. The predicted octanol–water partition coefficient (Wildman–Crippen LogP) is 5.05. The lowest BCUT2D eigenvalue weighted by molar-refractivity contribution is -0.108. The quantitative estimate of drug-likeness (QED) is 0.793. The number of allylic oxidation sites excluding steroid dienone is 1. The molecule has 4 heteroatoms. The molecule has 5 rings (SSSR count). The molecule has 0 radical (unpaired) electrons. The number of rotatable bonds is 3. The van der Waals surface area contributed by atoms with Crippen LogP contribution in [0.3, 0.4) is 0 Å². The highest BCUT2D eigenvalue weighted by atomic mass is 16.6. The molecule has 29 heavy (non-hydrogen) atoms. The lowest BCUT2D eigenvalue weighted by Crippen LogP contribution is -2.43. The fraction of sp³-hybridized carbons (Fsp3) is 0.560. The van der Waals surface area contributed by atoms with Gasteiger partial charge in [0.2, 0.25) is 0 Å². The van der Waals surface area contributed by atoms with Crippen LogP contribution >= 0.6 is 0 Å². The van der Waals surface area contributed by atoms with Gasteiger partial charge in [0.25, 0.3) is 0 Å². The van der Waals surface area contributed by atoms with Crippen LogP contribution in [-0.2, 0) is 4.74 Å². The molecule has 6 unspecified atom stereocenters. The maximum atomic E-state index is 10.5. The van der Waals surface area contributed by atoms with Gasteiger partial charge in [-0.2, -0.15) is 0 Å². The van der Waals surface area contributed by atoms with Crippen molar-refractivity contribution in [3.8, 4) is 5.75 Å². The van der Waals surface area contributed by atoms with E-state index in [2.05, 4.69) is 31.2 Å². The minimum atomic E-state index is -0.595. The van der Waals surface area contributed by atoms with E-state index < -0.39 is 6.29 Å². The van der Waals surface area contributed by atoms with E-state index in [1.54, 1.807) is 7.11 Å². The first-order valence-corrected chi connectivity index (χ1v) is 11.1. The van der Waals surface area contributed by atoms with Crippen LogP contribution in [0.4, 0.5) is 0 Å². The molecule has 2 saturated carbocycles. The second-order valence-electron chi connectivity index (χ2n) is 9.15. The van der Waals surface area contributed by atoms with E-state index in [0.717, 1.165) is 34.7 Å². The number of fused-ring (bicyclic) bond motifs is 3. The summed E-state index contributed by atoms with van der Waals surface area (Å²) in [5.41, 5.74) is 1.97. The minimum Gasteiger partial charge on any atom is -0.497 e. The maximum Gasteiger partial charge on any atom is 0.158 e. The van der Waals surface area contributed by atoms with Crippen molar-refractivity contribution in [3.63, 3.8) is 0 Å². The third kappa shape index (κ3) is 3.47. The fourth-order valence-electron chi connectivity index (χ4n) is 6.31. The Bertz CT molecular complexity index is 910. The summed E-state index contributed by atoms with van der Waals surface area (Å²) in [5.74, 6) is 3.43. The van der Waals surface area contributed by atoms with Gasteiger partial charge in [-0.3, -0.25) is 0 Å². The van der Waals surface area contributed by atoms with E-state index in [1.807, 2.05) is 18.2 Å². The molecule has 4 nitrogen and oxygen atoms in total. The van der Waals surface area contributed by atoms with E-state index in [4.69, 9.17) is 14.5 Å². The normalized spacial score (nSPS) is 36.9. The Kier molecular flexibility index (Phi) is 5.09. The molecule has 0 spiro atoms. The van der Waals surface area contributed by atoms with Gasteiger partial charge in [0, 0.05) is 11.3 Å². The first-order valence-electron chi connectivity index (χ1n) is 11.1. The SMILES string of the molecule is COc1ccc2nc(/C=C/C3C4CCCCC4CC4C(O)O[C@@H](C)C34)ccc2c1. The average Bonchev–Trinajstić information content (AvgIpc) is 3.04. The topological polar surface area (TPSA) is 51.6 Å². The maximum absolute atomic E-state index is 10.5. The summed E-state index contributed by atoms with van der Waals surface area (Å²) in [5, 5.41) is 11.6. The molecule has 1 saturated heterocycles. The Balaban J connectivity index is 1.44. The van der Waals surface area contributed by atoms with Crippen LogP contribution in [-0.4, -0.2) is 29.6 Å². The molecule has 2 aliphatic carbocycles. The van der Waals surface area contributed by atoms with Crippen molar-refractivity contribution in [2.24, 2.45) is 29.6 Å². The first kappa shape index (κ1) is 19.1. The van der Waals surface area contributed by atoms with Gasteiger partial charge >= 0.3 is 0 Å².